The molecule has 1 aliphatic heterocycles. The molecule has 0 amide bonds. The molecule has 2 rings (SSSR count). The van der Waals surface area contributed by atoms with Gasteiger partial charge in [-0.2, -0.15) is 0 Å². The summed E-state index contributed by atoms with van der Waals surface area (Å²) in [5, 5.41) is 3.46. The van der Waals surface area contributed by atoms with E-state index in [4.69, 9.17) is 0 Å². The molecule has 1 fully saturated rings. The minimum atomic E-state index is -3.48. The number of nitrogens with one attached hydrogen (secondary N) is 3. The first-order chi connectivity index (χ1) is 8.45. The molecule has 1 atom stereocenters. The van der Waals surface area contributed by atoms with Crippen LogP contribution in [0.25, 0.3) is 0 Å². The van der Waals surface area contributed by atoms with Crippen LogP contribution in [-0.4, -0.2) is 37.0 Å². The highest BCUT2D eigenvalue weighted by Gasteiger charge is 2.30. The second kappa shape index (κ2) is 4.99. The summed E-state index contributed by atoms with van der Waals surface area (Å²) in [6.07, 6.45) is 4.13. The molecule has 0 saturated carbocycles. The first-order valence-corrected chi connectivity index (χ1v) is 7.72. The van der Waals surface area contributed by atoms with Crippen LogP contribution in [0.4, 0.5) is 0 Å². The number of imidazole rings is 1. The summed E-state index contributed by atoms with van der Waals surface area (Å²) in [5.74, 6) is 0.681. The average Bonchev–Trinajstić information content (AvgIpc) is 2.96. The van der Waals surface area contributed by atoms with Gasteiger partial charge in [0.05, 0.1) is 6.20 Å². The van der Waals surface area contributed by atoms with E-state index in [1.165, 1.54) is 6.20 Å². The Balaban J connectivity index is 2.03. The molecular formula is C11H20N4O2S. The molecule has 0 aliphatic carbocycles. The Bertz CT molecular complexity index is 503. The van der Waals surface area contributed by atoms with Crippen molar-refractivity contribution < 1.29 is 8.42 Å². The zero-order valence-corrected chi connectivity index (χ0v) is 11.6. The molecule has 1 aromatic heterocycles. The summed E-state index contributed by atoms with van der Waals surface area (Å²) in [7, 11) is -3.48. The number of aryl methyl sites for hydroxylation is 1. The fourth-order valence-corrected chi connectivity index (χ4v) is 3.21. The van der Waals surface area contributed by atoms with Crippen LogP contribution in [0.15, 0.2) is 11.2 Å². The Morgan fingerprint density at radius 3 is 2.89 bits per heavy atom. The predicted octanol–water partition coefficient (Wildman–Crippen LogP) is 0.392. The van der Waals surface area contributed by atoms with Crippen LogP contribution >= 0.6 is 0 Å². The molecule has 1 aromatic rings. The minimum Gasteiger partial charge on any atom is -0.332 e. The molecule has 1 aliphatic rings. The van der Waals surface area contributed by atoms with E-state index in [9.17, 15) is 8.42 Å². The average molecular weight is 272 g/mol. The fourth-order valence-electron chi connectivity index (χ4n) is 2.10. The number of sulfonamides is 1. The third-order valence-electron chi connectivity index (χ3n) is 3.34. The van der Waals surface area contributed by atoms with E-state index in [0.717, 1.165) is 19.4 Å². The summed E-state index contributed by atoms with van der Waals surface area (Å²) in [4.78, 5) is 6.82. The molecule has 6 nitrogen and oxygen atoms in total. The van der Waals surface area contributed by atoms with E-state index in [-0.39, 0.29) is 10.6 Å². The SMILES string of the molecule is CCc1ncc(S(=O)(=O)NCC2(C)CCCN2)[nH]1. The molecule has 2 heterocycles. The first kappa shape index (κ1) is 13.5. The van der Waals surface area contributed by atoms with Gasteiger partial charge in [-0.25, -0.2) is 18.1 Å². The number of hydrogen-bond acceptors (Lipinski definition) is 4. The van der Waals surface area contributed by atoms with Crippen molar-refractivity contribution in [3.05, 3.63) is 12.0 Å². The smallest absolute Gasteiger partial charge is 0.257 e. The molecule has 3 N–H and O–H groups in total. The number of hydrogen-bond donors (Lipinski definition) is 3. The van der Waals surface area contributed by atoms with Gasteiger partial charge < -0.3 is 10.3 Å². The second-order valence-electron chi connectivity index (χ2n) is 4.96. The van der Waals surface area contributed by atoms with Crippen molar-refractivity contribution in [2.75, 3.05) is 13.1 Å². The normalized spacial score (nSPS) is 24.6. The summed E-state index contributed by atoms with van der Waals surface area (Å²) >= 11 is 0. The van der Waals surface area contributed by atoms with E-state index in [2.05, 4.69) is 20.0 Å². The van der Waals surface area contributed by atoms with Gasteiger partial charge >= 0.3 is 0 Å². The standard InChI is InChI=1S/C11H20N4O2S/c1-3-9-12-7-10(15-9)18(16,17)14-8-11(2)5-4-6-13-11/h7,13-14H,3-6,8H2,1-2H3,(H,12,15). The third kappa shape index (κ3) is 2.90. The molecule has 1 unspecified atom stereocenters. The number of aromatic nitrogens is 2. The van der Waals surface area contributed by atoms with Gasteiger partial charge in [0, 0.05) is 18.5 Å². The van der Waals surface area contributed by atoms with Gasteiger partial charge in [-0.05, 0) is 26.3 Å². The molecule has 0 aromatic carbocycles. The van der Waals surface area contributed by atoms with Crippen LogP contribution in [0.2, 0.25) is 0 Å². The maximum absolute atomic E-state index is 12.1. The Morgan fingerprint density at radius 1 is 1.56 bits per heavy atom. The van der Waals surface area contributed by atoms with Crippen LogP contribution in [0.3, 0.4) is 0 Å². The lowest BCUT2D eigenvalue weighted by Gasteiger charge is -2.24. The van der Waals surface area contributed by atoms with Gasteiger partial charge in [-0.15, -0.1) is 0 Å². The van der Waals surface area contributed by atoms with E-state index in [1.807, 2.05) is 13.8 Å². The molecular weight excluding hydrogens is 252 g/mol. The lowest BCUT2D eigenvalue weighted by atomic mass is 10.0. The van der Waals surface area contributed by atoms with Crippen molar-refractivity contribution in [2.45, 2.75) is 43.7 Å². The highest BCUT2D eigenvalue weighted by Crippen LogP contribution is 2.18. The summed E-state index contributed by atoms with van der Waals surface area (Å²) in [6.45, 7) is 5.30. The summed E-state index contributed by atoms with van der Waals surface area (Å²) < 4.78 is 26.7. The van der Waals surface area contributed by atoms with Crippen LogP contribution in [0, 0.1) is 0 Å². The van der Waals surface area contributed by atoms with Gasteiger partial charge in [-0.3, -0.25) is 0 Å². The van der Waals surface area contributed by atoms with Crippen molar-refractivity contribution in [3.63, 3.8) is 0 Å². The molecule has 0 radical (unpaired) electrons. The fraction of sp³-hybridized carbons (Fsp3) is 0.727. The topological polar surface area (TPSA) is 86.9 Å². The van der Waals surface area contributed by atoms with Crippen molar-refractivity contribution in [3.8, 4) is 0 Å². The van der Waals surface area contributed by atoms with E-state index in [1.54, 1.807) is 0 Å². The molecule has 102 valence electrons. The Hall–Kier alpha value is -0.920. The highest BCUT2D eigenvalue weighted by molar-refractivity contribution is 7.89. The Kier molecular flexibility index (Phi) is 3.74. The van der Waals surface area contributed by atoms with E-state index < -0.39 is 10.0 Å². The quantitative estimate of drug-likeness (QED) is 0.724. The maximum atomic E-state index is 12.1. The Labute approximate surface area is 108 Å². The highest BCUT2D eigenvalue weighted by atomic mass is 32.2. The number of rotatable bonds is 5. The zero-order valence-electron chi connectivity index (χ0n) is 10.8. The number of aromatic amines is 1. The number of nitrogens with zero attached hydrogens (tertiary/aromatic N) is 1. The van der Waals surface area contributed by atoms with Gasteiger partial charge in [0.2, 0.25) is 0 Å². The second-order valence-corrected chi connectivity index (χ2v) is 6.70. The first-order valence-electron chi connectivity index (χ1n) is 6.24. The minimum absolute atomic E-state index is 0.138. The van der Waals surface area contributed by atoms with E-state index in [0.29, 0.717) is 18.8 Å². The van der Waals surface area contributed by atoms with Crippen LogP contribution in [-0.2, 0) is 16.4 Å². The molecule has 0 spiro atoms. The molecule has 18 heavy (non-hydrogen) atoms. The molecule has 1 saturated heterocycles. The van der Waals surface area contributed by atoms with Crippen molar-refractivity contribution in [2.24, 2.45) is 0 Å². The van der Waals surface area contributed by atoms with Crippen LogP contribution in [0.5, 0.6) is 0 Å². The lowest BCUT2D eigenvalue weighted by molar-refractivity contribution is 0.409. The monoisotopic (exact) mass is 272 g/mol. The third-order valence-corrected chi connectivity index (χ3v) is 4.65. The van der Waals surface area contributed by atoms with E-state index >= 15 is 0 Å². The van der Waals surface area contributed by atoms with Crippen molar-refractivity contribution in [1.29, 1.82) is 0 Å². The number of H-pyrrole nitrogens is 1. The van der Waals surface area contributed by atoms with Crippen molar-refractivity contribution >= 4 is 10.0 Å². The van der Waals surface area contributed by atoms with Gasteiger partial charge in [0.25, 0.3) is 10.0 Å². The zero-order chi connectivity index (χ0) is 13.2. The lowest BCUT2D eigenvalue weighted by Crippen LogP contribution is -2.47. The molecule has 0 bridgehead atoms. The van der Waals surface area contributed by atoms with Gasteiger partial charge in [0.15, 0.2) is 5.03 Å². The van der Waals surface area contributed by atoms with Crippen LogP contribution < -0.4 is 10.0 Å². The van der Waals surface area contributed by atoms with Crippen LogP contribution in [0.1, 0.15) is 32.5 Å². The summed E-state index contributed by atoms with van der Waals surface area (Å²) in [6, 6.07) is 0. The largest absolute Gasteiger partial charge is 0.332 e. The van der Waals surface area contributed by atoms with Crippen molar-refractivity contribution in [1.82, 2.24) is 20.0 Å². The maximum Gasteiger partial charge on any atom is 0.257 e. The predicted molar refractivity (Wildman–Crippen MR) is 68.8 cm³/mol. The molecule has 7 heteroatoms. The van der Waals surface area contributed by atoms with Gasteiger partial charge in [0.1, 0.15) is 5.82 Å². The Morgan fingerprint density at radius 2 is 2.33 bits per heavy atom. The van der Waals surface area contributed by atoms with Gasteiger partial charge in [-0.1, -0.05) is 6.92 Å². The summed E-state index contributed by atoms with van der Waals surface area (Å²) in [5.41, 5.74) is -0.138.